The fourth-order valence-corrected chi connectivity index (χ4v) is 5.29. The van der Waals surface area contributed by atoms with Crippen LogP contribution >= 0.6 is 21.6 Å². The minimum absolute atomic E-state index is 0.511. The Kier molecular flexibility index (Phi) is 8.36. The molecule has 1 unspecified atom stereocenters. The van der Waals surface area contributed by atoms with Crippen molar-refractivity contribution in [3.05, 3.63) is 0 Å². The smallest absolute Gasteiger partial charge is 0.315 e. The van der Waals surface area contributed by atoms with Crippen molar-refractivity contribution in [3.63, 3.8) is 0 Å². The van der Waals surface area contributed by atoms with Gasteiger partial charge in [-0.3, -0.25) is 4.79 Å². The van der Waals surface area contributed by atoms with Gasteiger partial charge in [0.25, 0.3) is 16.1 Å². The Balaban J connectivity index is 2.10. The van der Waals surface area contributed by atoms with Gasteiger partial charge in [-0.1, -0.05) is 28.0 Å². The highest BCUT2D eigenvalue weighted by atomic mass is 33.1. The third-order valence-corrected chi connectivity index (χ3v) is 6.44. The van der Waals surface area contributed by atoms with Crippen LogP contribution in [0.15, 0.2) is 0 Å². The van der Waals surface area contributed by atoms with Crippen LogP contribution in [0.2, 0.25) is 0 Å². The average Bonchev–Trinajstić information content (AvgIpc) is 2.89. The summed E-state index contributed by atoms with van der Waals surface area (Å²) in [6.45, 7) is 1.88. The lowest BCUT2D eigenvalue weighted by atomic mass is 10.1. The Hall–Kier alpha value is -0.650. The van der Waals surface area contributed by atoms with E-state index in [4.69, 9.17) is 0 Å². The van der Waals surface area contributed by atoms with Gasteiger partial charge >= 0.3 is 6.03 Å². The number of carbonyl (C=O) groups excluding carboxylic acids is 2. The van der Waals surface area contributed by atoms with E-state index in [1.807, 2.05) is 21.6 Å². The fraction of sp³-hybridized carbons (Fsp3) is 0.818. The monoisotopic (exact) mass is 370 g/mol. The number of urea groups is 1. The summed E-state index contributed by atoms with van der Waals surface area (Å²) in [4.78, 5) is 23.0. The molecule has 0 bridgehead atoms. The van der Waals surface area contributed by atoms with Gasteiger partial charge in [-0.25, -0.2) is 14.7 Å². The normalized spacial score (nSPS) is 19.5. The molecular weight excluding hydrogens is 348 g/mol. The van der Waals surface area contributed by atoms with Crippen molar-refractivity contribution in [1.29, 1.82) is 0 Å². The summed E-state index contributed by atoms with van der Waals surface area (Å²) < 4.78 is 23.0. The molecule has 0 spiro atoms. The zero-order valence-electron chi connectivity index (χ0n) is 12.3. The Morgan fingerprint density at radius 1 is 1.36 bits per heavy atom. The number of nitrogens with two attached hydrogens (primary N) is 1. The van der Waals surface area contributed by atoms with Crippen LogP contribution < -0.4 is 20.5 Å². The van der Waals surface area contributed by atoms with Crippen molar-refractivity contribution in [2.24, 2.45) is 5.14 Å². The molecule has 11 heteroatoms. The molecule has 1 aliphatic rings. The molecule has 5 N–H and O–H groups in total. The van der Waals surface area contributed by atoms with Gasteiger partial charge < -0.3 is 10.6 Å². The summed E-state index contributed by atoms with van der Waals surface area (Å²) in [5.41, 5.74) is 0. The van der Waals surface area contributed by atoms with Gasteiger partial charge in [0, 0.05) is 17.5 Å². The number of carbonyl (C=O) groups is 2. The highest BCUT2D eigenvalue weighted by Gasteiger charge is 2.19. The van der Waals surface area contributed by atoms with E-state index in [1.54, 1.807) is 4.72 Å². The molecule has 0 aromatic carbocycles. The molecule has 22 heavy (non-hydrogen) atoms. The van der Waals surface area contributed by atoms with Crippen LogP contribution in [0.1, 0.15) is 32.6 Å². The van der Waals surface area contributed by atoms with Crippen LogP contribution in [0.5, 0.6) is 0 Å². The molecule has 1 heterocycles. The van der Waals surface area contributed by atoms with E-state index in [2.05, 4.69) is 15.8 Å². The van der Waals surface area contributed by atoms with Gasteiger partial charge in [-0.05, 0) is 26.2 Å². The molecule has 2 atom stereocenters. The van der Waals surface area contributed by atoms with Gasteiger partial charge in [0.05, 0.1) is 0 Å². The number of rotatable bonds is 8. The summed E-state index contributed by atoms with van der Waals surface area (Å²) in [6.07, 6.45) is 4.31. The molecular formula is C11H22N4O4S3. The zero-order chi connectivity index (χ0) is 16.6. The van der Waals surface area contributed by atoms with E-state index in [-0.39, 0.29) is 0 Å². The highest BCUT2D eigenvalue weighted by Crippen LogP contribution is 2.39. The number of hydrogen-bond donors (Lipinski definition) is 4. The van der Waals surface area contributed by atoms with Crippen LogP contribution in [0, 0.1) is 0 Å². The van der Waals surface area contributed by atoms with Crippen molar-refractivity contribution >= 4 is 43.7 Å². The molecule has 0 saturated carbocycles. The Morgan fingerprint density at radius 3 is 2.68 bits per heavy atom. The first kappa shape index (κ1) is 19.4. The Morgan fingerprint density at radius 2 is 2.09 bits per heavy atom. The van der Waals surface area contributed by atoms with E-state index in [0.29, 0.717) is 6.54 Å². The second-order valence-corrected chi connectivity index (χ2v) is 9.04. The Bertz CT molecular complexity index is 480. The molecule has 1 saturated heterocycles. The lowest BCUT2D eigenvalue weighted by Gasteiger charge is -2.14. The summed E-state index contributed by atoms with van der Waals surface area (Å²) in [5, 5.41) is 10.4. The molecule has 1 rings (SSSR count). The standard InChI is InChI=1S/C11H22N4O4S3/c1-8(10(16)15-22(12,18)19)14-11(17)13-6-3-2-4-9-5-7-20-21-9/h8-9H,2-7H2,1H3,(H,15,16)(H2,12,18,19)(H2,13,14,17)/t8-,9?/m0/s1. The van der Waals surface area contributed by atoms with Crippen molar-refractivity contribution in [3.8, 4) is 0 Å². The van der Waals surface area contributed by atoms with Crippen LogP contribution in [0.4, 0.5) is 4.79 Å². The maximum atomic E-state index is 11.6. The summed E-state index contributed by atoms with van der Waals surface area (Å²) >= 11 is 0. The zero-order valence-corrected chi connectivity index (χ0v) is 14.8. The number of nitrogens with one attached hydrogen (secondary N) is 3. The Labute approximate surface area is 138 Å². The lowest BCUT2D eigenvalue weighted by molar-refractivity contribution is -0.120. The summed E-state index contributed by atoms with van der Waals surface area (Å²) in [6, 6.07) is -1.51. The summed E-state index contributed by atoms with van der Waals surface area (Å²) in [5.74, 6) is 0.336. The van der Waals surface area contributed by atoms with Gasteiger partial charge in [0.1, 0.15) is 6.04 Å². The average molecular weight is 371 g/mol. The van der Waals surface area contributed by atoms with E-state index in [9.17, 15) is 18.0 Å². The maximum Gasteiger partial charge on any atom is 0.315 e. The maximum absolute atomic E-state index is 11.6. The second kappa shape index (κ2) is 9.48. The molecule has 1 aliphatic heterocycles. The van der Waals surface area contributed by atoms with Crippen LogP contribution in [-0.2, 0) is 15.0 Å². The predicted molar refractivity (Wildman–Crippen MR) is 89.6 cm³/mol. The van der Waals surface area contributed by atoms with Gasteiger partial charge in [0.2, 0.25) is 0 Å². The quantitative estimate of drug-likeness (QED) is 0.359. The minimum Gasteiger partial charge on any atom is -0.338 e. The second-order valence-electron chi connectivity index (χ2n) is 4.96. The van der Waals surface area contributed by atoms with Crippen LogP contribution in [-0.4, -0.2) is 43.9 Å². The van der Waals surface area contributed by atoms with Crippen molar-refractivity contribution in [2.75, 3.05) is 12.3 Å². The van der Waals surface area contributed by atoms with Crippen LogP contribution in [0.3, 0.4) is 0 Å². The lowest BCUT2D eigenvalue weighted by Crippen LogP contribution is -2.50. The van der Waals surface area contributed by atoms with Gasteiger partial charge in [-0.2, -0.15) is 8.42 Å². The number of unbranched alkanes of at least 4 members (excludes halogenated alkanes) is 1. The molecule has 128 valence electrons. The van der Waals surface area contributed by atoms with E-state index in [0.717, 1.165) is 24.5 Å². The molecule has 8 nitrogen and oxygen atoms in total. The molecule has 0 aromatic rings. The van der Waals surface area contributed by atoms with E-state index >= 15 is 0 Å². The minimum atomic E-state index is -4.11. The largest absolute Gasteiger partial charge is 0.338 e. The predicted octanol–water partition coefficient (Wildman–Crippen LogP) is 0.318. The van der Waals surface area contributed by atoms with Crippen molar-refractivity contribution in [2.45, 2.75) is 43.9 Å². The third kappa shape index (κ3) is 8.71. The number of amides is 3. The number of hydrogen-bond acceptors (Lipinski definition) is 6. The molecule has 0 radical (unpaired) electrons. The molecule has 3 amide bonds. The van der Waals surface area contributed by atoms with Crippen molar-refractivity contribution in [1.82, 2.24) is 15.4 Å². The molecule has 0 aliphatic carbocycles. The van der Waals surface area contributed by atoms with E-state index < -0.39 is 28.2 Å². The first-order valence-corrected chi connectivity index (χ1v) is 10.9. The first-order valence-electron chi connectivity index (χ1n) is 6.95. The van der Waals surface area contributed by atoms with Gasteiger partial charge in [-0.15, -0.1) is 0 Å². The fourth-order valence-electron chi connectivity index (χ4n) is 1.81. The van der Waals surface area contributed by atoms with E-state index in [1.165, 1.54) is 19.1 Å². The van der Waals surface area contributed by atoms with Gasteiger partial charge in [0.15, 0.2) is 0 Å². The third-order valence-electron chi connectivity index (χ3n) is 2.95. The van der Waals surface area contributed by atoms with Crippen LogP contribution in [0.25, 0.3) is 0 Å². The summed E-state index contributed by atoms with van der Waals surface area (Å²) in [7, 11) is -0.264. The van der Waals surface area contributed by atoms with Crippen molar-refractivity contribution < 1.29 is 18.0 Å². The SMILES string of the molecule is C[C@H](NC(=O)NCCCCC1CCSS1)C(=O)NS(N)(=O)=O. The highest BCUT2D eigenvalue weighted by molar-refractivity contribution is 8.77. The first-order chi connectivity index (χ1) is 10.3. The molecule has 1 fully saturated rings. The topological polar surface area (TPSA) is 130 Å². The molecule has 0 aromatic heterocycles.